The Kier molecular flexibility index (Phi) is 3.50. The van der Waals surface area contributed by atoms with Gasteiger partial charge in [0.1, 0.15) is 6.17 Å². The van der Waals surface area contributed by atoms with Gasteiger partial charge in [0.15, 0.2) is 0 Å². The summed E-state index contributed by atoms with van der Waals surface area (Å²) in [5.74, 6) is 0. The summed E-state index contributed by atoms with van der Waals surface area (Å²) in [5.41, 5.74) is 0.754. The Labute approximate surface area is 87.1 Å². The fourth-order valence-electron chi connectivity index (χ4n) is 1.11. The van der Waals surface area contributed by atoms with E-state index < -0.39 is 15.2 Å². The maximum Gasteiger partial charge on any atom is 0.261 e. The first-order chi connectivity index (χ1) is 6.39. The Hall–Kier alpha value is -0.610. The summed E-state index contributed by atoms with van der Waals surface area (Å²) in [6.07, 6.45) is -0.656. The molecule has 0 saturated heterocycles. The molecule has 0 spiro atoms. The fraction of sp³-hybridized carbons (Fsp3) is 0.333. The summed E-state index contributed by atoms with van der Waals surface area (Å²) in [7, 11) is 1.45. The second-order valence-corrected chi connectivity index (χ2v) is 5.63. The van der Waals surface area contributed by atoms with Gasteiger partial charge in [-0.3, -0.25) is 0 Å². The van der Waals surface area contributed by atoms with Crippen LogP contribution >= 0.6 is 10.7 Å². The summed E-state index contributed by atoms with van der Waals surface area (Å²) in [4.78, 5) is 0.0365. The number of hydrogen-bond donors (Lipinski definition) is 0. The predicted octanol–water partition coefficient (Wildman–Crippen LogP) is 2.51. The monoisotopic (exact) mass is 236 g/mol. The van der Waals surface area contributed by atoms with Crippen molar-refractivity contribution in [1.29, 1.82) is 0 Å². The maximum absolute atomic E-state index is 12.6. The molecular formula is C9H10ClFO2S. The van der Waals surface area contributed by atoms with Gasteiger partial charge in [-0.15, -0.1) is 0 Å². The van der Waals surface area contributed by atoms with E-state index in [-0.39, 0.29) is 11.3 Å². The minimum atomic E-state index is -3.67. The van der Waals surface area contributed by atoms with Crippen molar-refractivity contribution in [2.75, 3.05) is 0 Å². The van der Waals surface area contributed by atoms with Gasteiger partial charge in [0.05, 0.1) is 4.90 Å². The van der Waals surface area contributed by atoms with Crippen LogP contribution in [0.4, 0.5) is 4.39 Å². The lowest BCUT2D eigenvalue weighted by Gasteiger charge is -2.02. The molecule has 0 aromatic heterocycles. The van der Waals surface area contributed by atoms with E-state index in [4.69, 9.17) is 10.7 Å². The highest BCUT2D eigenvalue weighted by molar-refractivity contribution is 8.13. The Morgan fingerprint density at radius 3 is 2.21 bits per heavy atom. The van der Waals surface area contributed by atoms with E-state index >= 15 is 0 Å². The fourth-order valence-corrected chi connectivity index (χ4v) is 1.88. The lowest BCUT2D eigenvalue weighted by molar-refractivity contribution is 0.360. The molecule has 1 atom stereocenters. The molecular weight excluding hydrogens is 227 g/mol. The zero-order valence-electron chi connectivity index (χ0n) is 7.57. The topological polar surface area (TPSA) is 34.1 Å². The van der Waals surface area contributed by atoms with E-state index in [1.165, 1.54) is 19.1 Å². The number of rotatable bonds is 3. The molecule has 0 fully saturated rings. The van der Waals surface area contributed by atoms with Gasteiger partial charge < -0.3 is 0 Å². The van der Waals surface area contributed by atoms with Crippen molar-refractivity contribution < 1.29 is 12.8 Å². The lowest BCUT2D eigenvalue weighted by atomic mass is 10.1. The van der Waals surface area contributed by atoms with Gasteiger partial charge in [0.25, 0.3) is 9.05 Å². The van der Waals surface area contributed by atoms with Gasteiger partial charge >= 0.3 is 0 Å². The molecule has 14 heavy (non-hydrogen) atoms. The highest BCUT2D eigenvalue weighted by Gasteiger charge is 2.09. The van der Waals surface area contributed by atoms with Crippen LogP contribution in [0.3, 0.4) is 0 Å². The standard InChI is InChI=1S/C9H10ClFO2S/c1-7(11)6-8-2-4-9(5-3-8)14(10,12)13/h2-5,7H,6H2,1H3/t7-/m1/s1. The normalized spacial score (nSPS) is 13.9. The van der Waals surface area contributed by atoms with Crippen molar-refractivity contribution in [3.63, 3.8) is 0 Å². The third-order valence-electron chi connectivity index (χ3n) is 1.72. The molecule has 0 aliphatic carbocycles. The average Bonchev–Trinajstić information content (AvgIpc) is 2.02. The molecule has 78 valence electrons. The molecule has 0 saturated carbocycles. The van der Waals surface area contributed by atoms with Crippen LogP contribution in [0, 0.1) is 0 Å². The molecule has 0 N–H and O–H groups in total. The largest absolute Gasteiger partial charge is 0.261 e. The highest BCUT2D eigenvalue weighted by Crippen LogP contribution is 2.16. The quantitative estimate of drug-likeness (QED) is 0.756. The van der Waals surface area contributed by atoms with Gasteiger partial charge in [-0.2, -0.15) is 0 Å². The molecule has 0 aliphatic rings. The molecule has 0 aliphatic heterocycles. The molecule has 0 bridgehead atoms. The van der Waals surface area contributed by atoms with Crippen LogP contribution in [0.15, 0.2) is 29.2 Å². The molecule has 1 aromatic rings. The van der Waals surface area contributed by atoms with E-state index in [1.54, 1.807) is 12.1 Å². The van der Waals surface area contributed by atoms with Crippen molar-refractivity contribution in [3.05, 3.63) is 29.8 Å². The minimum absolute atomic E-state index is 0.0365. The van der Waals surface area contributed by atoms with Crippen LogP contribution in [0.25, 0.3) is 0 Å². The van der Waals surface area contributed by atoms with Crippen molar-refractivity contribution >= 4 is 19.7 Å². The summed E-state index contributed by atoms with van der Waals surface area (Å²) in [6, 6.07) is 5.87. The van der Waals surface area contributed by atoms with E-state index in [9.17, 15) is 12.8 Å². The number of benzene rings is 1. The third-order valence-corrected chi connectivity index (χ3v) is 3.09. The first-order valence-corrected chi connectivity index (χ1v) is 6.38. The second-order valence-electron chi connectivity index (χ2n) is 3.07. The highest BCUT2D eigenvalue weighted by atomic mass is 35.7. The number of alkyl halides is 1. The lowest BCUT2D eigenvalue weighted by Crippen LogP contribution is -1.98. The van der Waals surface area contributed by atoms with E-state index in [1.807, 2.05) is 0 Å². The van der Waals surface area contributed by atoms with Gasteiger partial charge in [-0.1, -0.05) is 12.1 Å². The molecule has 1 aromatic carbocycles. The molecule has 0 radical (unpaired) electrons. The van der Waals surface area contributed by atoms with Gasteiger partial charge in [-0.05, 0) is 24.6 Å². The van der Waals surface area contributed by atoms with Crippen molar-refractivity contribution in [1.82, 2.24) is 0 Å². The van der Waals surface area contributed by atoms with E-state index in [2.05, 4.69) is 0 Å². The predicted molar refractivity (Wildman–Crippen MR) is 53.8 cm³/mol. The van der Waals surface area contributed by atoms with Gasteiger partial charge in [0.2, 0.25) is 0 Å². The third kappa shape index (κ3) is 3.27. The maximum atomic E-state index is 12.6. The van der Waals surface area contributed by atoms with E-state index in [0.717, 1.165) is 5.56 Å². The smallest absolute Gasteiger partial charge is 0.247 e. The van der Waals surface area contributed by atoms with Crippen molar-refractivity contribution in [2.24, 2.45) is 0 Å². The Balaban J connectivity index is 2.90. The first kappa shape index (κ1) is 11.5. The van der Waals surface area contributed by atoms with Crippen LogP contribution in [0.5, 0.6) is 0 Å². The van der Waals surface area contributed by atoms with Crippen LogP contribution in [0.2, 0.25) is 0 Å². The zero-order valence-corrected chi connectivity index (χ0v) is 9.15. The van der Waals surface area contributed by atoms with E-state index in [0.29, 0.717) is 0 Å². The zero-order chi connectivity index (χ0) is 10.8. The molecule has 0 heterocycles. The number of halogens is 2. The van der Waals surface area contributed by atoms with Crippen LogP contribution in [0.1, 0.15) is 12.5 Å². The number of hydrogen-bond acceptors (Lipinski definition) is 2. The Bertz CT molecular complexity index is 397. The molecule has 0 unspecified atom stereocenters. The average molecular weight is 237 g/mol. The first-order valence-electron chi connectivity index (χ1n) is 4.07. The minimum Gasteiger partial charge on any atom is -0.247 e. The van der Waals surface area contributed by atoms with Crippen LogP contribution < -0.4 is 0 Å². The Morgan fingerprint density at radius 2 is 1.86 bits per heavy atom. The van der Waals surface area contributed by atoms with Crippen LogP contribution in [-0.4, -0.2) is 14.6 Å². The summed E-state index contributed by atoms with van der Waals surface area (Å²) >= 11 is 0. The van der Waals surface area contributed by atoms with Crippen molar-refractivity contribution in [3.8, 4) is 0 Å². The van der Waals surface area contributed by atoms with Crippen molar-refractivity contribution in [2.45, 2.75) is 24.4 Å². The molecule has 2 nitrogen and oxygen atoms in total. The van der Waals surface area contributed by atoms with Gasteiger partial charge in [-0.25, -0.2) is 12.8 Å². The summed E-state index contributed by atoms with van der Waals surface area (Å²) < 4.78 is 34.3. The second kappa shape index (κ2) is 4.28. The van der Waals surface area contributed by atoms with Gasteiger partial charge in [0, 0.05) is 17.1 Å². The van der Waals surface area contributed by atoms with Crippen LogP contribution in [-0.2, 0) is 15.5 Å². The Morgan fingerprint density at radius 1 is 1.36 bits per heavy atom. The summed E-state index contributed by atoms with van der Waals surface area (Å²) in [5, 5.41) is 0. The molecule has 0 amide bonds. The molecule has 1 rings (SSSR count). The summed E-state index contributed by atoms with van der Waals surface area (Å²) in [6.45, 7) is 1.45. The SMILES string of the molecule is C[C@@H](F)Cc1ccc(S(=O)(=O)Cl)cc1. The molecule has 5 heteroatoms.